The highest BCUT2D eigenvalue weighted by molar-refractivity contribution is 6.36. The fraction of sp³-hybridized carbons (Fsp3) is 0.118. The number of aromatic nitrogens is 2. The smallest absolute Gasteiger partial charge is 0.238 e. The summed E-state index contributed by atoms with van der Waals surface area (Å²) >= 11 is 5.95. The SMILES string of the molecule is CC(=O)N(Cl)c1cccc(-c2cc(-c3ncccc3C)no2)c1. The molecular weight excluding hydrogens is 314 g/mol. The van der Waals surface area contributed by atoms with E-state index in [2.05, 4.69) is 10.1 Å². The molecular formula is C17H14ClN3O2. The number of halogens is 1. The molecule has 3 aromatic rings. The zero-order valence-electron chi connectivity index (χ0n) is 12.7. The number of hydrogen-bond donors (Lipinski definition) is 0. The second-order valence-electron chi connectivity index (χ2n) is 5.10. The number of nitrogens with zero attached hydrogens (tertiary/aromatic N) is 3. The Morgan fingerprint density at radius 2 is 2.04 bits per heavy atom. The lowest BCUT2D eigenvalue weighted by atomic mass is 10.1. The molecule has 0 aliphatic rings. The Morgan fingerprint density at radius 1 is 1.22 bits per heavy atom. The molecule has 0 aliphatic carbocycles. The Kier molecular flexibility index (Phi) is 4.12. The van der Waals surface area contributed by atoms with Gasteiger partial charge in [-0.05, 0) is 30.7 Å². The van der Waals surface area contributed by atoms with Gasteiger partial charge in [0.25, 0.3) is 0 Å². The first-order chi connectivity index (χ1) is 11.1. The Bertz CT molecular complexity index is 860. The van der Waals surface area contributed by atoms with Gasteiger partial charge in [0.2, 0.25) is 5.91 Å². The lowest BCUT2D eigenvalue weighted by Crippen LogP contribution is -2.16. The van der Waals surface area contributed by atoms with E-state index in [1.165, 1.54) is 6.92 Å². The van der Waals surface area contributed by atoms with Gasteiger partial charge in [-0.1, -0.05) is 23.4 Å². The number of aryl methyl sites for hydroxylation is 1. The van der Waals surface area contributed by atoms with Crippen LogP contribution in [0, 0.1) is 6.92 Å². The second-order valence-corrected chi connectivity index (χ2v) is 5.43. The van der Waals surface area contributed by atoms with Crippen molar-refractivity contribution in [1.82, 2.24) is 10.1 Å². The van der Waals surface area contributed by atoms with Crippen LogP contribution in [0.2, 0.25) is 0 Å². The van der Waals surface area contributed by atoms with Gasteiger partial charge in [-0.2, -0.15) is 0 Å². The van der Waals surface area contributed by atoms with Gasteiger partial charge >= 0.3 is 0 Å². The molecule has 5 nitrogen and oxygen atoms in total. The van der Waals surface area contributed by atoms with E-state index in [-0.39, 0.29) is 5.91 Å². The maximum Gasteiger partial charge on any atom is 0.238 e. The van der Waals surface area contributed by atoms with Crippen LogP contribution in [0.1, 0.15) is 12.5 Å². The second kappa shape index (κ2) is 6.22. The van der Waals surface area contributed by atoms with Gasteiger partial charge < -0.3 is 4.52 Å². The topological polar surface area (TPSA) is 59.2 Å². The van der Waals surface area contributed by atoms with Crippen LogP contribution in [0.25, 0.3) is 22.7 Å². The van der Waals surface area contributed by atoms with Gasteiger partial charge in [-0.3, -0.25) is 9.78 Å². The van der Waals surface area contributed by atoms with Crippen LogP contribution in [-0.2, 0) is 4.79 Å². The van der Waals surface area contributed by atoms with E-state index < -0.39 is 0 Å². The summed E-state index contributed by atoms with van der Waals surface area (Å²) in [6, 6.07) is 12.8. The van der Waals surface area contributed by atoms with Crippen LogP contribution in [0.5, 0.6) is 0 Å². The third kappa shape index (κ3) is 3.10. The molecule has 0 unspecified atom stereocenters. The molecule has 2 aromatic heterocycles. The average Bonchev–Trinajstić information content (AvgIpc) is 3.04. The van der Waals surface area contributed by atoms with Crippen molar-refractivity contribution in [2.75, 3.05) is 4.42 Å². The highest BCUT2D eigenvalue weighted by Crippen LogP contribution is 2.29. The van der Waals surface area contributed by atoms with E-state index in [0.717, 1.165) is 21.2 Å². The number of anilines is 1. The summed E-state index contributed by atoms with van der Waals surface area (Å²) in [6.07, 6.45) is 1.72. The summed E-state index contributed by atoms with van der Waals surface area (Å²) in [4.78, 5) is 15.7. The highest BCUT2D eigenvalue weighted by Gasteiger charge is 2.14. The summed E-state index contributed by atoms with van der Waals surface area (Å²) < 4.78 is 6.48. The molecule has 2 heterocycles. The molecule has 0 aliphatic heterocycles. The normalized spacial score (nSPS) is 10.6. The number of amides is 1. The van der Waals surface area contributed by atoms with Crippen molar-refractivity contribution in [2.45, 2.75) is 13.8 Å². The van der Waals surface area contributed by atoms with Crippen LogP contribution in [0.15, 0.2) is 53.2 Å². The summed E-state index contributed by atoms with van der Waals surface area (Å²) in [7, 11) is 0. The molecule has 0 saturated carbocycles. The summed E-state index contributed by atoms with van der Waals surface area (Å²) in [5, 5.41) is 4.08. The van der Waals surface area contributed by atoms with Crippen LogP contribution >= 0.6 is 11.8 Å². The number of carbonyl (C=O) groups excluding carboxylic acids is 1. The first-order valence-electron chi connectivity index (χ1n) is 7.02. The zero-order valence-corrected chi connectivity index (χ0v) is 13.4. The Morgan fingerprint density at radius 3 is 2.78 bits per heavy atom. The van der Waals surface area contributed by atoms with Crippen molar-refractivity contribution in [3.05, 3.63) is 54.2 Å². The van der Waals surface area contributed by atoms with Crippen molar-refractivity contribution in [1.29, 1.82) is 0 Å². The van der Waals surface area contributed by atoms with E-state index in [1.807, 2.05) is 31.2 Å². The van der Waals surface area contributed by atoms with Crippen molar-refractivity contribution in [3.63, 3.8) is 0 Å². The summed E-state index contributed by atoms with van der Waals surface area (Å²) in [6.45, 7) is 3.37. The average molecular weight is 328 g/mol. The molecule has 3 rings (SSSR count). The minimum atomic E-state index is -0.258. The van der Waals surface area contributed by atoms with Crippen molar-refractivity contribution in [3.8, 4) is 22.7 Å². The Balaban J connectivity index is 1.97. The lowest BCUT2D eigenvalue weighted by molar-refractivity contribution is -0.115. The minimum Gasteiger partial charge on any atom is -0.356 e. The number of hydrogen-bond acceptors (Lipinski definition) is 4. The summed E-state index contributed by atoms with van der Waals surface area (Å²) in [5.74, 6) is 0.326. The van der Waals surface area contributed by atoms with Gasteiger partial charge in [0.05, 0.1) is 11.4 Å². The molecule has 0 saturated heterocycles. The van der Waals surface area contributed by atoms with Crippen LogP contribution in [0.3, 0.4) is 0 Å². The molecule has 1 amide bonds. The van der Waals surface area contributed by atoms with E-state index in [9.17, 15) is 4.79 Å². The van der Waals surface area contributed by atoms with Crippen LogP contribution in [-0.4, -0.2) is 16.0 Å². The predicted octanol–water partition coefficient (Wildman–Crippen LogP) is 4.22. The standard InChI is InChI=1S/C17H14ClN3O2/c1-11-5-4-8-19-17(11)15-10-16(23-20-15)13-6-3-7-14(9-13)21(18)12(2)22/h3-10H,1-2H3. The molecule has 0 spiro atoms. The highest BCUT2D eigenvalue weighted by atomic mass is 35.5. The third-order valence-electron chi connectivity index (χ3n) is 3.40. The van der Waals surface area contributed by atoms with Gasteiger partial charge in [-0.15, -0.1) is 0 Å². The van der Waals surface area contributed by atoms with E-state index in [0.29, 0.717) is 17.1 Å². The largest absolute Gasteiger partial charge is 0.356 e. The molecule has 0 radical (unpaired) electrons. The molecule has 1 aromatic carbocycles. The fourth-order valence-corrected chi connectivity index (χ4v) is 2.34. The van der Waals surface area contributed by atoms with E-state index in [4.69, 9.17) is 16.3 Å². The maximum atomic E-state index is 11.4. The fourth-order valence-electron chi connectivity index (χ4n) is 2.24. The molecule has 0 atom stereocenters. The maximum absolute atomic E-state index is 11.4. The summed E-state index contributed by atoms with van der Waals surface area (Å²) in [5.41, 5.74) is 3.81. The van der Waals surface area contributed by atoms with E-state index >= 15 is 0 Å². The Labute approximate surface area is 138 Å². The van der Waals surface area contributed by atoms with Gasteiger partial charge in [-0.25, -0.2) is 4.42 Å². The first-order valence-corrected chi connectivity index (χ1v) is 7.35. The number of rotatable bonds is 3. The van der Waals surface area contributed by atoms with Gasteiger partial charge in [0, 0.05) is 36.5 Å². The van der Waals surface area contributed by atoms with Crippen LogP contribution in [0.4, 0.5) is 5.69 Å². The molecule has 6 heteroatoms. The first kappa shape index (κ1) is 15.2. The van der Waals surface area contributed by atoms with Gasteiger partial charge in [0.15, 0.2) is 5.76 Å². The van der Waals surface area contributed by atoms with Crippen molar-refractivity contribution < 1.29 is 9.32 Å². The minimum absolute atomic E-state index is 0.258. The quantitative estimate of drug-likeness (QED) is 0.676. The molecule has 0 bridgehead atoms. The number of benzene rings is 1. The third-order valence-corrected chi connectivity index (χ3v) is 3.83. The van der Waals surface area contributed by atoms with E-state index in [1.54, 1.807) is 24.4 Å². The molecule has 0 fully saturated rings. The molecule has 116 valence electrons. The lowest BCUT2D eigenvalue weighted by Gasteiger charge is -2.11. The molecule has 0 N–H and O–H groups in total. The van der Waals surface area contributed by atoms with Crippen molar-refractivity contribution in [2.24, 2.45) is 0 Å². The predicted molar refractivity (Wildman–Crippen MR) is 88.9 cm³/mol. The van der Waals surface area contributed by atoms with Crippen molar-refractivity contribution >= 4 is 23.4 Å². The monoisotopic (exact) mass is 327 g/mol. The molecule has 23 heavy (non-hydrogen) atoms. The zero-order chi connectivity index (χ0) is 16.4. The number of pyridine rings is 1. The Hall–Kier alpha value is -2.66. The van der Waals surface area contributed by atoms with Crippen LogP contribution < -0.4 is 4.42 Å². The van der Waals surface area contributed by atoms with Gasteiger partial charge in [0.1, 0.15) is 5.69 Å². The number of carbonyl (C=O) groups is 1.